The van der Waals surface area contributed by atoms with Crippen molar-refractivity contribution < 1.29 is 23.8 Å². The third kappa shape index (κ3) is 5.05. The first-order chi connectivity index (χ1) is 15.3. The number of hydrogen-bond donors (Lipinski definition) is 1. The lowest BCUT2D eigenvalue weighted by Gasteiger charge is -2.39. The largest absolute Gasteiger partial charge is 0.468 e. The van der Waals surface area contributed by atoms with Crippen LogP contribution in [-0.4, -0.2) is 50.1 Å². The fourth-order valence-electron chi connectivity index (χ4n) is 4.25. The number of hydrogen-bond acceptors (Lipinski definition) is 7. The van der Waals surface area contributed by atoms with Crippen molar-refractivity contribution in [3.05, 3.63) is 46.1 Å². The van der Waals surface area contributed by atoms with Crippen LogP contribution in [0.2, 0.25) is 5.02 Å². The standard InChI is InChI=1S/C24H33ClN2O5/c1-6-24(7-2,32-14-13-26)21-20(23(29)31-8-3)19(16-11-9-10-12-17(16)25)18(15(4)27-21)22(28)30-5/h9-12,18-19H,6-8,13-14,26H2,1-5H3. The van der Waals surface area contributed by atoms with Gasteiger partial charge in [0.25, 0.3) is 0 Å². The predicted molar refractivity (Wildman–Crippen MR) is 125 cm³/mol. The van der Waals surface area contributed by atoms with Crippen LogP contribution in [0.5, 0.6) is 0 Å². The monoisotopic (exact) mass is 464 g/mol. The van der Waals surface area contributed by atoms with Crippen molar-refractivity contribution in [1.82, 2.24) is 0 Å². The quantitative estimate of drug-likeness (QED) is 0.524. The summed E-state index contributed by atoms with van der Waals surface area (Å²) in [5.41, 5.74) is 6.71. The summed E-state index contributed by atoms with van der Waals surface area (Å²) < 4.78 is 16.8. The van der Waals surface area contributed by atoms with Crippen LogP contribution in [0.1, 0.15) is 52.0 Å². The van der Waals surface area contributed by atoms with Gasteiger partial charge >= 0.3 is 11.9 Å². The van der Waals surface area contributed by atoms with Crippen molar-refractivity contribution in [3.8, 4) is 0 Å². The molecule has 2 N–H and O–H groups in total. The van der Waals surface area contributed by atoms with Gasteiger partial charge in [-0.25, -0.2) is 4.79 Å². The number of carbonyl (C=O) groups excluding carboxylic acids is 2. The molecule has 0 bridgehead atoms. The molecule has 2 unspecified atom stereocenters. The van der Waals surface area contributed by atoms with E-state index in [2.05, 4.69) is 0 Å². The van der Waals surface area contributed by atoms with Gasteiger partial charge in [0.15, 0.2) is 0 Å². The molecule has 0 aromatic heterocycles. The molecule has 0 saturated carbocycles. The van der Waals surface area contributed by atoms with Gasteiger partial charge in [0.1, 0.15) is 11.5 Å². The minimum absolute atomic E-state index is 0.172. The van der Waals surface area contributed by atoms with Gasteiger partial charge in [0.05, 0.1) is 31.6 Å². The van der Waals surface area contributed by atoms with Gasteiger partial charge in [-0.05, 0) is 38.3 Å². The zero-order chi connectivity index (χ0) is 23.9. The van der Waals surface area contributed by atoms with Crippen molar-refractivity contribution in [2.45, 2.75) is 52.1 Å². The molecule has 0 spiro atoms. The highest BCUT2D eigenvalue weighted by Gasteiger charge is 2.48. The van der Waals surface area contributed by atoms with E-state index < -0.39 is 29.4 Å². The first-order valence-corrected chi connectivity index (χ1v) is 11.3. The molecule has 0 fully saturated rings. The Bertz CT molecular complexity index is 892. The Kier molecular flexibility index (Phi) is 9.43. The number of carbonyl (C=O) groups is 2. The van der Waals surface area contributed by atoms with Crippen LogP contribution >= 0.6 is 11.6 Å². The molecule has 1 aliphatic heterocycles. The zero-order valence-corrected chi connectivity index (χ0v) is 20.2. The second-order valence-electron chi connectivity index (χ2n) is 7.57. The molecule has 1 aromatic carbocycles. The van der Waals surface area contributed by atoms with E-state index in [1.165, 1.54) is 7.11 Å². The highest BCUT2D eigenvalue weighted by atomic mass is 35.5. The van der Waals surface area contributed by atoms with E-state index in [0.29, 0.717) is 48.0 Å². The number of aliphatic imine (C=N–C) groups is 1. The van der Waals surface area contributed by atoms with Gasteiger partial charge in [0, 0.05) is 23.2 Å². The Morgan fingerprint density at radius 3 is 2.38 bits per heavy atom. The lowest BCUT2D eigenvalue weighted by Crippen LogP contribution is -2.43. The zero-order valence-electron chi connectivity index (χ0n) is 19.4. The number of halogens is 1. The molecule has 1 aliphatic rings. The molecular formula is C24H33ClN2O5. The number of nitrogens with zero attached hydrogens (tertiary/aromatic N) is 1. The van der Waals surface area contributed by atoms with Crippen LogP contribution < -0.4 is 5.73 Å². The van der Waals surface area contributed by atoms with E-state index in [1.807, 2.05) is 19.9 Å². The van der Waals surface area contributed by atoms with Crippen LogP contribution in [0, 0.1) is 5.92 Å². The van der Waals surface area contributed by atoms with E-state index in [4.69, 9.17) is 36.5 Å². The number of rotatable bonds is 10. The molecule has 7 nitrogen and oxygen atoms in total. The molecule has 32 heavy (non-hydrogen) atoms. The third-order valence-corrected chi connectivity index (χ3v) is 6.24. The van der Waals surface area contributed by atoms with Crippen LogP contribution in [0.25, 0.3) is 0 Å². The van der Waals surface area contributed by atoms with Crippen LogP contribution in [0.4, 0.5) is 0 Å². The summed E-state index contributed by atoms with van der Waals surface area (Å²) in [5.74, 6) is -2.62. The fraction of sp³-hybridized carbons (Fsp3) is 0.542. The van der Waals surface area contributed by atoms with Crippen molar-refractivity contribution in [3.63, 3.8) is 0 Å². The molecule has 176 valence electrons. The lowest BCUT2D eigenvalue weighted by atomic mass is 9.72. The topological polar surface area (TPSA) is 100 Å². The molecule has 1 aromatic rings. The van der Waals surface area contributed by atoms with Crippen LogP contribution in [0.3, 0.4) is 0 Å². The maximum Gasteiger partial charge on any atom is 0.336 e. The van der Waals surface area contributed by atoms with E-state index in [9.17, 15) is 9.59 Å². The molecule has 0 radical (unpaired) electrons. The van der Waals surface area contributed by atoms with Crippen LogP contribution in [-0.2, 0) is 23.8 Å². The molecule has 0 aliphatic carbocycles. The highest BCUT2D eigenvalue weighted by Crippen LogP contribution is 2.47. The summed E-state index contributed by atoms with van der Waals surface area (Å²) in [6.07, 6.45) is 1.10. The van der Waals surface area contributed by atoms with Gasteiger partial charge < -0.3 is 19.9 Å². The number of ether oxygens (including phenoxy) is 3. The smallest absolute Gasteiger partial charge is 0.336 e. The van der Waals surface area contributed by atoms with Crippen molar-refractivity contribution >= 4 is 29.3 Å². The lowest BCUT2D eigenvalue weighted by molar-refractivity contribution is -0.144. The number of benzene rings is 1. The fourth-order valence-corrected chi connectivity index (χ4v) is 4.50. The van der Waals surface area contributed by atoms with E-state index in [1.54, 1.807) is 32.0 Å². The molecule has 8 heteroatoms. The molecular weight excluding hydrogens is 432 g/mol. The van der Waals surface area contributed by atoms with E-state index in [-0.39, 0.29) is 12.2 Å². The summed E-state index contributed by atoms with van der Waals surface area (Å²) in [7, 11) is 1.31. The van der Waals surface area contributed by atoms with Gasteiger partial charge in [-0.2, -0.15) is 0 Å². The van der Waals surface area contributed by atoms with Gasteiger partial charge in [-0.3, -0.25) is 9.79 Å². The first-order valence-electron chi connectivity index (χ1n) is 10.9. The Morgan fingerprint density at radius 2 is 1.84 bits per heavy atom. The highest BCUT2D eigenvalue weighted by molar-refractivity contribution is 6.31. The van der Waals surface area contributed by atoms with Crippen molar-refractivity contribution in [1.29, 1.82) is 0 Å². The summed E-state index contributed by atoms with van der Waals surface area (Å²) in [6, 6.07) is 7.15. The van der Waals surface area contributed by atoms with E-state index >= 15 is 0 Å². The predicted octanol–water partition coefficient (Wildman–Crippen LogP) is 4.04. The summed E-state index contributed by atoms with van der Waals surface area (Å²) in [4.78, 5) is 31.1. The first kappa shape index (κ1) is 26.0. The Balaban J connectivity index is 2.92. The third-order valence-electron chi connectivity index (χ3n) is 5.90. The van der Waals surface area contributed by atoms with Crippen LogP contribution in [0.15, 0.2) is 40.5 Å². The van der Waals surface area contributed by atoms with Gasteiger partial charge in [-0.1, -0.05) is 43.6 Å². The average Bonchev–Trinajstić information content (AvgIpc) is 2.79. The normalized spacial score (nSPS) is 18.9. The number of nitrogens with two attached hydrogens (primary N) is 1. The number of esters is 2. The Hall–Kier alpha value is -2.22. The SMILES string of the molecule is CCOC(=O)C1=C(C(CC)(CC)OCCN)N=C(C)C(C(=O)OC)C1c1ccccc1Cl. The molecule has 2 atom stereocenters. The Morgan fingerprint density at radius 1 is 1.19 bits per heavy atom. The Labute approximate surface area is 195 Å². The molecule has 0 amide bonds. The van der Waals surface area contributed by atoms with E-state index in [0.717, 1.165) is 0 Å². The summed E-state index contributed by atoms with van der Waals surface area (Å²) in [6.45, 7) is 8.22. The minimum Gasteiger partial charge on any atom is -0.468 e. The maximum absolute atomic E-state index is 13.4. The maximum atomic E-state index is 13.4. The molecule has 0 saturated heterocycles. The minimum atomic E-state index is -0.872. The van der Waals surface area contributed by atoms with Gasteiger partial charge in [-0.15, -0.1) is 0 Å². The van der Waals surface area contributed by atoms with Crippen molar-refractivity contribution in [2.75, 3.05) is 26.9 Å². The summed E-state index contributed by atoms with van der Waals surface area (Å²) in [5, 5.41) is 0.434. The number of methoxy groups -OCH3 is 1. The second-order valence-corrected chi connectivity index (χ2v) is 7.98. The van der Waals surface area contributed by atoms with Gasteiger partial charge in [0.2, 0.25) is 0 Å². The molecule has 2 rings (SSSR count). The summed E-state index contributed by atoms with van der Waals surface area (Å²) >= 11 is 6.56. The average molecular weight is 465 g/mol. The molecule has 1 heterocycles. The second kappa shape index (κ2) is 11.6. The van der Waals surface area contributed by atoms with Crippen molar-refractivity contribution in [2.24, 2.45) is 16.6 Å².